The molecule has 2 N–H and O–H groups in total. The van der Waals surface area contributed by atoms with Crippen molar-refractivity contribution in [1.29, 1.82) is 0 Å². The number of benzene rings is 1. The van der Waals surface area contributed by atoms with Gasteiger partial charge >= 0.3 is 0 Å². The predicted molar refractivity (Wildman–Crippen MR) is 65.4 cm³/mol. The zero-order valence-corrected chi connectivity index (χ0v) is 9.33. The Bertz CT molecular complexity index is 686. The highest BCUT2D eigenvalue weighted by molar-refractivity contribution is 5.65. The van der Waals surface area contributed by atoms with Crippen LogP contribution in [-0.4, -0.2) is 19.6 Å². The van der Waals surface area contributed by atoms with Gasteiger partial charge in [0, 0.05) is 23.6 Å². The Kier molecular flexibility index (Phi) is 2.04. The first kappa shape index (κ1) is 9.77. The van der Waals surface area contributed by atoms with Crippen LogP contribution >= 0.6 is 0 Å². The van der Waals surface area contributed by atoms with Crippen molar-refractivity contribution < 1.29 is 0 Å². The third kappa shape index (κ3) is 1.52. The molecule has 1 aromatic carbocycles. The summed E-state index contributed by atoms with van der Waals surface area (Å²) in [6.45, 7) is 1.98. The molecule has 0 atom stereocenters. The Hall–Kier alpha value is -2.43. The molecule has 0 bridgehead atoms. The number of anilines is 1. The summed E-state index contributed by atoms with van der Waals surface area (Å²) in [5.41, 5.74) is 9.39. The van der Waals surface area contributed by atoms with Gasteiger partial charge in [0.2, 0.25) is 0 Å². The van der Waals surface area contributed by atoms with Crippen LogP contribution in [0.5, 0.6) is 0 Å². The van der Waals surface area contributed by atoms with Gasteiger partial charge < -0.3 is 5.73 Å². The summed E-state index contributed by atoms with van der Waals surface area (Å²) >= 11 is 0. The minimum absolute atomic E-state index is 0.724. The molecule has 3 rings (SSSR count). The van der Waals surface area contributed by atoms with Crippen molar-refractivity contribution in [3.63, 3.8) is 0 Å². The van der Waals surface area contributed by atoms with Crippen molar-refractivity contribution >= 4 is 11.3 Å². The van der Waals surface area contributed by atoms with Crippen LogP contribution in [0.2, 0.25) is 0 Å². The van der Waals surface area contributed by atoms with Gasteiger partial charge in [0.15, 0.2) is 11.5 Å². The van der Waals surface area contributed by atoms with E-state index in [4.69, 9.17) is 5.73 Å². The van der Waals surface area contributed by atoms with E-state index in [1.165, 1.54) is 0 Å². The quantitative estimate of drug-likeness (QED) is 0.640. The van der Waals surface area contributed by atoms with E-state index in [0.717, 1.165) is 28.3 Å². The molecule has 0 saturated heterocycles. The number of fused-ring (bicyclic) bond motifs is 1. The topological polar surface area (TPSA) is 69.1 Å². The van der Waals surface area contributed by atoms with Gasteiger partial charge in [-0.1, -0.05) is 12.1 Å². The third-order valence-corrected chi connectivity index (χ3v) is 2.75. The van der Waals surface area contributed by atoms with Crippen molar-refractivity contribution in [1.82, 2.24) is 19.6 Å². The second-order valence-corrected chi connectivity index (χ2v) is 3.90. The van der Waals surface area contributed by atoms with Gasteiger partial charge in [-0.2, -0.15) is 0 Å². The summed E-state index contributed by atoms with van der Waals surface area (Å²) in [4.78, 5) is 4.00. The molecule has 2 aromatic heterocycles. The Balaban J connectivity index is 2.24. The molecule has 0 fully saturated rings. The number of nitrogens with two attached hydrogens (primary N) is 1. The second kappa shape index (κ2) is 3.55. The molecule has 0 aliphatic carbocycles. The summed E-state index contributed by atoms with van der Waals surface area (Å²) < 4.78 is 1.89. The zero-order chi connectivity index (χ0) is 11.8. The van der Waals surface area contributed by atoms with E-state index in [2.05, 4.69) is 15.2 Å². The smallest absolute Gasteiger partial charge is 0.179 e. The fourth-order valence-corrected chi connectivity index (χ4v) is 1.73. The minimum atomic E-state index is 0.724. The van der Waals surface area contributed by atoms with Gasteiger partial charge in [-0.25, -0.2) is 0 Å². The highest BCUT2D eigenvalue weighted by Crippen LogP contribution is 2.22. The van der Waals surface area contributed by atoms with Crippen molar-refractivity contribution in [2.75, 3.05) is 5.73 Å². The number of nitrogens with zero attached hydrogens (tertiary/aromatic N) is 4. The lowest BCUT2D eigenvalue weighted by molar-refractivity contribution is 1.11. The first-order valence-electron chi connectivity index (χ1n) is 5.27. The van der Waals surface area contributed by atoms with Crippen LogP contribution < -0.4 is 5.73 Å². The molecule has 0 spiro atoms. The van der Waals surface area contributed by atoms with Gasteiger partial charge in [-0.05, 0) is 18.6 Å². The Morgan fingerprint density at radius 2 is 2.12 bits per heavy atom. The lowest BCUT2D eigenvalue weighted by atomic mass is 10.1. The molecule has 17 heavy (non-hydrogen) atoms. The number of hydrogen-bond donors (Lipinski definition) is 1. The van der Waals surface area contributed by atoms with E-state index in [-0.39, 0.29) is 0 Å². The maximum Gasteiger partial charge on any atom is 0.179 e. The SMILES string of the molecule is Cc1ccc(-c2nnc3cnccn23)cc1N. The summed E-state index contributed by atoms with van der Waals surface area (Å²) in [7, 11) is 0. The molecule has 2 heterocycles. The molecule has 0 radical (unpaired) electrons. The van der Waals surface area contributed by atoms with Crippen LogP contribution in [0.4, 0.5) is 5.69 Å². The average Bonchev–Trinajstić information content (AvgIpc) is 2.76. The third-order valence-electron chi connectivity index (χ3n) is 2.75. The first-order valence-corrected chi connectivity index (χ1v) is 5.27. The zero-order valence-electron chi connectivity index (χ0n) is 9.33. The van der Waals surface area contributed by atoms with E-state index >= 15 is 0 Å². The molecule has 5 heteroatoms. The fourth-order valence-electron chi connectivity index (χ4n) is 1.73. The number of aryl methyl sites for hydroxylation is 1. The minimum Gasteiger partial charge on any atom is -0.398 e. The molecule has 84 valence electrons. The van der Waals surface area contributed by atoms with E-state index in [1.807, 2.05) is 35.7 Å². The van der Waals surface area contributed by atoms with Crippen molar-refractivity contribution in [3.8, 4) is 11.4 Å². The lowest BCUT2D eigenvalue weighted by Crippen LogP contribution is -1.93. The van der Waals surface area contributed by atoms with E-state index in [9.17, 15) is 0 Å². The molecule has 0 amide bonds. The molecule has 0 aliphatic heterocycles. The van der Waals surface area contributed by atoms with Gasteiger partial charge in [0.1, 0.15) is 0 Å². The fraction of sp³-hybridized carbons (Fsp3) is 0.0833. The van der Waals surface area contributed by atoms with Crippen LogP contribution in [0.1, 0.15) is 5.56 Å². The standard InChI is InChI=1S/C12H11N5/c1-8-2-3-9(6-10(8)13)12-16-15-11-7-14-4-5-17(11)12/h2-7H,13H2,1H3. The summed E-state index contributed by atoms with van der Waals surface area (Å²) in [5.74, 6) is 0.772. The molecular weight excluding hydrogens is 214 g/mol. The molecular formula is C12H11N5. The Morgan fingerprint density at radius 3 is 2.94 bits per heavy atom. The van der Waals surface area contributed by atoms with Crippen molar-refractivity contribution in [2.24, 2.45) is 0 Å². The maximum atomic E-state index is 5.90. The van der Waals surface area contributed by atoms with Crippen LogP contribution in [0, 0.1) is 6.92 Å². The van der Waals surface area contributed by atoms with Gasteiger partial charge in [0.25, 0.3) is 0 Å². The highest BCUT2D eigenvalue weighted by Gasteiger charge is 2.08. The Morgan fingerprint density at radius 1 is 1.24 bits per heavy atom. The van der Waals surface area contributed by atoms with Crippen LogP contribution in [0.25, 0.3) is 17.0 Å². The van der Waals surface area contributed by atoms with Crippen molar-refractivity contribution in [2.45, 2.75) is 6.92 Å². The molecule has 3 aromatic rings. The first-order chi connectivity index (χ1) is 8.25. The Labute approximate surface area is 97.9 Å². The van der Waals surface area contributed by atoms with Gasteiger partial charge in [-0.3, -0.25) is 9.38 Å². The number of hydrogen-bond acceptors (Lipinski definition) is 4. The second-order valence-electron chi connectivity index (χ2n) is 3.90. The van der Waals surface area contributed by atoms with E-state index in [0.29, 0.717) is 0 Å². The number of aromatic nitrogens is 4. The average molecular weight is 225 g/mol. The summed E-state index contributed by atoms with van der Waals surface area (Å²) in [6.07, 6.45) is 5.21. The van der Waals surface area contributed by atoms with Gasteiger partial charge in [-0.15, -0.1) is 10.2 Å². The monoisotopic (exact) mass is 225 g/mol. The summed E-state index contributed by atoms with van der Waals surface area (Å²) in [5, 5.41) is 8.21. The lowest BCUT2D eigenvalue weighted by Gasteiger charge is -2.03. The van der Waals surface area contributed by atoms with Crippen LogP contribution in [0.15, 0.2) is 36.8 Å². The number of nitrogen functional groups attached to an aromatic ring is 1. The van der Waals surface area contributed by atoms with Crippen LogP contribution in [-0.2, 0) is 0 Å². The number of rotatable bonds is 1. The predicted octanol–water partition coefficient (Wildman–Crippen LogP) is 1.68. The summed E-state index contributed by atoms with van der Waals surface area (Å²) in [6, 6.07) is 5.88. The van der Waals surface area contributed by atoms with Gasteiger partial charge in [0.05, 0.1) is 6.20 Å². The molecule has 5 nitrogen and oxygen atoms in total. The largest absolute Gasteiger partial charge is 0.398 e. The maximum absolute atomic E-state index is 5.90. The van der Waals surface area contributed by atoms with Crippen molar-refractivity contribution in [3.05, 3.63) is 42.4 Å². The van der Waals surface area contributed by atoms with E-state index in [1.54, 1.807) is 12.4 Å². The normalized spacial score (nSPS) is 10.9. The molecule has 0 saturated carbocycles. The van der Waals surface area contributed by atoms with E-state index < -0.39 is 0 Å². The molecule has 0 unspecified atom stereocenters. The molecule has 0 aliphatic rings. The highest BCUT2D eigenvalue weighted by atomic mass is 15.2. The van der Waals surface area contributed by atoms with Crippen LogP contribution in [0.3, 0.4) is 0 Å².